The van der Waals surface area contributed by atoms with E-state index in [0.29, 0.717) is 19.8 Å². The van der Waals surface area contributed by atoms with Crippen LogP contribution >= 0.6 is 34.4 Å². The third-order valence-electron chi connectivity index (χ3n) is 2.21. The highest BCUT2D eigenvalue weighted by molar-refractivity contribution is 14.1. The van der Waals surface area contributed by atoms with Crippen LogP contribution < -0.4 is 0 Å². The maximum atomic E-state index is 13.4. The lowest BCUT2D eigenvalue weighted by Crippen LogP contribution is -2.00. The summed E-state index contributed by atoms with van der Waals surface area (Å²) in [6, 6.07) is 3.06. The Balaban J connectivity index is 2.45. The van der Waals surface area contributed by atoms with Gasteiger partial charge in [0.1, 0.15) is 5.82 Å². The number of aliphatic carboxylic acids is 1. The minimum atomic E-state index is -0.900. The average molecular weight is 366 g/mol. The number of benzene rings is 1. The molecule has 0 unspecified atom stereocenters. The van der Waals surface area contributed by atoms with Crippen molar-refractivity contribution >= 4 is 51.4 Å². The molecule has 17 heavy (non-hydrogen) atoms. The van der Waals surface area contributed by atoms with Crippen LogP contribution in [-0.2, 0) is 11.8 Å². The van der Waals surface area contributed by atoms with Crippen molar-refractivity contribution in [1.82, 2.24) is 9.55 Å². The largest absolute Gasteiger partial charge is 0.481 e. The second-order valence-corrected chi connectivity index (χ2v) is 5.50. The Bertz CT molecular complexity index is 599. The lowest BCUT2D eigenvalue weighted by molar-refractivity contribution is -0.133. The number of hydrogen-bond acceptors (Lipinski definition) is 3. The van der Waals surface area contributed by atoms with Crippen molar-refractivity contribution in [1.29, 1.82) is 0 Å². The normalized spacial score (nSPS) is 11.0. The van der Waals surface area contributed by atoms with Crippen molar-refractivity contribution in [2.24, 2.45) is 7.05 Å². The summed E-state index contributed by atoms with van der Waals surface area (Å²) in [5.74, 6) is -1.25. The lowest BCUT2D eigenvalue weighted by Gasteiger charge is -2.00. The Hall–Kier alpha value is -0.830. The Kier molecular flexibility index (Phi) is 3.57. The predicted molar refractivity (Wildman–Crippen MR) is 71.7 cm³/mol. The fraction of sp³-hybridized carbons (Fsp3) is 0.200. The molecular weight excluding hydrogens is 358 g/mol. The number of aromatic nitrogens is 2. The second-order valence-electron chi connectivity index (χ2n) is 3.39. The molecule has 0 saturated heterocycles. The summed E-state index contributed by atoms with van der Waals surface area (Å²) in [5, 5.41) is 9.18. The first-order valence-electron chi connectivity index (χ1n) is 4.65. The first-order valence-corrected chi connectivity index (χ1v) is 6.71. The van der Waals surface area contributed by atoms with E-state index in [0.717, 1.165) is 11.8 Å². The number of halogens is 2. The summed E-state index contributed by atoms with van der Waals surface area (Å²) < 4.78 is 15.6. The summed E-state index contributed by atoms with van der Waals surface area (Å²) in [5.41, 5.74) is 1.34. The van der Waals surface area contributed by atoms with Crippen LogP contribution in [-0.4, -0.2) is 26.4 Å². The number of carboxylic acids is 1. The van der Waals surface area contributed by atoms with Gasteiger partial charge in [0.2, 0.25) is 0 Å². The van der Waals surface area contributed by atoms with Crippen LogP contribution in [0.5, 0.6) is 0 Å². The molecule has 90 valence electrons. The number of carbonyl (C=O) groups is 1. The molecule has 1 N–H and O–H groups in total. The highest BCUT2D eigenvalue weighted by Gasteiger charge is 2.12. The van der Waals surface area contributed by atoms with Gasteiger partial charge in [-0.1, -0.05) is 11.8 Å². The molecule has 2 aromatic rings. The summed E-state index contributed by atoms with van der Waals surface area (Å²) in [7, 11) is 1.74. The van der Waals surface area contributed by atoms with Crippen molar-refractivity contribution < 1.29 is 14.3 Å². The van der Waals surface area contributed by atoms with Gasteiger partial charge in [-0.3, -0.25) is 4.79 Å². The van der Waals surface area contributed by atoms with Gasteiger partial charge in [-0.05, 0) is 28.7 Å². The van der Waals surface area contributed by atoms with Crippen LogP contribution in [0.4, 0.5) is 4.39 Å². The quantitative estimate of drug-likeness (QED) is 0.670. The third kappa shape index (κ3) is 2.54. The Morgan fingerprint density at radius 3 is 3.00 bits per heavy atom. The van der Waals surface area contributed by atoms with E-state index >= 15 is 0 Å². The maximum absolute atomic E-state index is 13.4. The fourth-order valence-corrected chi connectivity index (χ4v) is 2.58. The van der Waals surface area contributed by atoms with Gasteiger partial charge >= 0.3 is 5.97 Å². The summed E-state index contributed by atoms with van der Waals surface area (Å²) in [6.07, 6.45) is 0. The van der Waals surface area contributed by atoms with Crippen molar-refractivity contribution in [2.75, 3.05) is 5.75 Å². The highest BCUT2D eigenvalue weighted by Crippen LogP contribution is 2.25. The number of carboxylic acid groups (broad SMARTS) is 1. The van der Waals surface area contributed by atoms with Gasteiger partial charge in [-0.25, -0.2) is 9.37 Å². The first kappa shape index (κ1) is 12.6. The number of hydrogen-bond donors (Lipinski definition) is 1. The van der Waals surface area contributed by atoms with E-state index in [1.165, 1.54) is 6.07 Å². The van der Waals surface area contributed by atoms with Crippen LogP contribution in [0.1, 0.15) is 0 Å². The molecule has 0 radical (unpaired) electrons. The zero-order chi connectivity index (χ0) is 12.6. The van der Waals surface area contributed by atoms with E-state index in [4.69, 9.17) is 5.11 Å². The van der Waals surface area contributed by atoms with Crippen LogP contribution in [0.3, 0.4) is 0 Å². The molecule has 0 aliphatic carbocycles. The van der Waals surface area contributed by atoms with Gasteiger partial charge in [0.15, 0.2) is 5.16 Å². The SMILES string of the molecule is Cn1c(SCC(=O)O)nc2cc(I)c(F)cc21. The second kappa shape index (κ2) is 4.81. The number of thioether (sulfide) groups is 1. The number of aryl methyl sites for hydroxylation is 1. The molecule has 1 aromatic heterocycles. The number of fused-ring (bicyclic) bond motifs is 1. The Morgan fingerprint density at radius 2 is 2.35 bits per heavy atom. The molecule has 0 fully saturated rings. The maximum Gasteiger partial charge on any atom is 0.313 e. The van der Waals surface area contributed by atoms with Crippen LogP contribution in [0.25, 0.3) is 11.0 Å². The number of rotatable bonds is 3. The van der Waals surface area contributed by atoms with Crippen LogP contribution in [0.2, 0.25) is 0 Å². The molecule has 0 atom stereocenters. The molecule has 0 aliphatic rings. The molecule has 0 saturated carbocycles. The summed E-state index contributed by atoms with van der Waals surface area (Å²) in [6.45, 7) is 0. The lowest BCUT2D eigenvalue weighted by atomic mass is 10.3. The zero-order valence-corrected chi connectivity index (χ0v) is 11.7. The molecular formula is C10H8FIN2O2S. The minimum Gasteiger partial charge on any atom is -0.481 e. The van der Waals surface area contributed by atoms with Gasteiger partial charge in [-0.2, -0.15) is 0 Å². The van der Waals surface area contributed by atoms with Crippen LogP contribution in [0.15, 0.2) is 17.3 Å². The average Bonchev–Trinajstić information content (AvgIpc) is 2.54. The molecule has 2 rings (SSSR count). The van der Waals surface area contributed by atoms with Crippen molar-refractivity contribution in [2.45, 2.75) is 5.16 Å². The molecule has 0 aliphatic heterocycles. The van der Waals surface area contributed by atoms with Gasteiger partial charge in [0.25, 0.3) is 0 Å². The van der Waals surface area contributed by atoms with E-state index in [1.54, 1.807) is 17.7 Å². The van der Waals surface area contributed by atoms with E-state index in [-0.39, 0.29) is 11.6 Å². The monoisotopic (exact) mass is 366 g/mol. The molecule has 0 spiro atoms. The molecule has 0 bridgehead atoms. The minimum absolute atomic E-state index is 0.0588. The summed E-state index contributed by atoms with van der Waals surface area (Å²) >= 11 is 3.02. The third-order valence-corrected chi connectivity index (χ3v) is 4.05. The topological polar surface area (TPSA) is 55.1 Å². The highest BCUT2D eigenvalue weighted by atomic mass is 127. The predicted octanol–water partition coefficient (Wildman–Crippen LogP) is 2.49. The standard InChI is InChI=1S/C10H8FIN2O2S/c1-14-8-2-5(11)6(12)3-7(8)13-10(14)17-4-9(15)16/h2-3H,4H2,1H3,(H,15,16). The molecule has 1 heterocycles. The Morgan fingerprint density at radius 1 is 1.65 bits per heavy atom. The van der Waals surface area contributed by atoms with Crippen molar-refractivity contribution in [3.63, 3.8) is 0 Å². The van der Waals surface area contributed by atoms with Gasteiger partial charge < -0.3 is 9.67 Å². The van der Waals surface area contributed by atoms with Gasteiger partial charge in [-0.15, -0.1) is 0 Å². The molecule has 4 nitrogen and oxygen atoms in total. The first-order chi connectivity index (χ1) is 7.99. The van der Waals surface area contributed by atoms with E-state index in [1.807, 2.05) is 22.6 Å². The zero-order valence-electron chi connectivity index (χ0n) is 8.78. The van der Waals surface area contributed by atoms with E-state index in [2.05, 4.69) is 4.98 Å². The molecule has 7 heteroatoms. The summed E-state index contributed by atoms with van der Waals surface area (Å²) in [4.78, 5) is 14.8. The van der Waals surface area contributed by atoms with Gasteiger partial charge in [0, 0.05) is 13.1 Å². The van der Waals surface area contributed by atoms with E-state index in [9.17, 15) is 9.18 Å². The smallest absolute Gasteiger partial charge is 0.313 e. The van der Waals surface area contributed by atoms with Gasteiger partial charge in [0.05, 0.1) is 20.4 Å². The van der Waals surface area contributed by atoms with Crippen molar-refractivity contribution in [3.8, 4) is 0 Å². The Labute approximate surface area is 114 Å². The fourth-order valence-electron chi connectivity index (χ4n) is 1.42. The molecule has 1 aromatic carbocycles. The number of imidazole rings is 1. The van der Waals surface area contributed by atoms with Crippen LogP contribution in [0, 0.1) is 9.39 Å². The number of nitrogens with zero attached hydrogens (tertiary/aromatic N) is 2. The van der Waals surface area contributed by atoms with E-state index < -0.39 is 5.97 Å². The molecule has 0 amide bonds. The van der Waals surface area contributed by atoms with Crippen molar-refractivity contribution in [3.05, 3.63) is 21.5 Å².